The molecule has 0 bridgehead atoms. The van der Waals surface area contributed by atoms with Gasteiger partial charge in [-0.25, -0.2) is 4.98 Å². The summed E-state index contributed by atoms with van der Waals surface area (Å²) in [5, 5.41) is 0. The molecule has 3 aromatic heterocycles. The molecule has 0 aliphatic rings. The van der Waals surface area contributed by atoms with Gasteiger partial charge in [0, 0.05) is 9.75 Å². The number of rotatable bonds is 4. The van der Waals surface area contributed by atoms with Crippen molar-refractivity contribution in [3.63, 3.8) is 0 Å². The molecule has 4 rings (SSSR count). The van der Waals surface area contributed by atoms with Crippen molar-refractivity contribution in [1.29, 1.82) is 0 Å². The highest BCUT2D eigenvalue weighted by Gasteiger charge is 2.10. The minimum absolute atomic E-state index is 0.149. The lowest BCUT2D eigenvalue weighted by molar-refractivity contribution is 0.301. The second kappa shape index (κ2) is 5.69. The van der Waals surface area contributed by atoms with E-state index in [4.69, 9.17) is 10.5 Å². The highest BCUT2D eigenvalue weighted by molar-refractivity contribution is 7.15. The average Bonchev–Trinajstić information content (AvgIpc) is 3.22. The summed E-state index contributed by atoms with van der Waals surface area (Å²) in [6, 6.07) is 14.4. The normalized spacial score (nSPS) is 11.0. The predicted molar refractivity (Wildman–Crippen MR) is 90.2 cm³/mol. The zero-order chi connectivity index (χ0) is 15.6. The Balaban J connectivity index is 1.55. The van der Waals surface area contributed by atoms with E-state index in [0.29, 0.717) is 23.7 Å². The Bertz CT molecular complexity index is 947. The Morgan fingerprint density at radius 2 is 1.96 bits per heavy atom. The summed E-state index contributed by atoms with van der Waals surface area (Å²) in [6.07, 6.45) is 1.55. The van der Waals surface area contributed by atoms with Crippen molar-refractivity contribution >= 4 is 28.4 Å². The largest absolute Gasteiger partial charge is 0.470 e. The first-order chi connectivity index (χ1) is 11.3. The summed E-state index contributed by atoms with van der Waals surface area (Å²) in [6.45, 7) is 0.419. The highest BCUT2D eigenvalue weighted by Crippen LogP contribution is 2.29. The molecule has 0 amide bonds. The average molecular weight is 323 g/mol. The van der Waals surface area contributed by atoms with Gasteiger partial charge in [0.25, 0.3) is 0 Å². The van der Waals surface area contributed by atoms with E-state index >= 15 is 0 Å². The van der Waals surface area contributed by atoms with Gasteiger partial charge in [0.1, 0.15) is 12.1 Å². The van der Waals surface area contributed by atoms with Gasteiger partial charge >= 0.3 is 0 Å². The topological polar surface area (TPSA) is 89.7 Å². The molecule has 0 saturated heterocycles. The first kappa shape index (κ1) is 13.7. The fourth-order valence-corrected chi connectivity index (χ4v) is 3.21. The first-order valence-electron chi connectivity index (χ1n) is 7.03. The van der Waals surface area contributed by atoms with Crippen LogP contribution in [-0.2, 0) is 6.61 Å². The number of imidazole rings is 1. The first-order valence-corrected chi connectivity index (χ1v) is 7.85. The van der Waals surface area contributed by atoms with Crippen LogP contribution in [0.2, 0.25) is 0 Å². The van der Waals surface area contributed by atoms with E-state index in [1.807, 2.05) is 18.2 Å². The van der Waals surface area contributed by atoms with Crippen LogP contribution in [-0.4, -0.2) is 19.9 Å². The number of nitrogens with zero attached hydrogens (tertiary/aromatic N) is 3. The summed E-state index contributed by atoms with van der Waals surface area (Å²) in [5.74, 6) is 0.565. The van der Waals surface area contributed by atoms with Crippen LogP contribution in [0.25, 0.3) is 21.6 Å². The molecule has 6 nitrogen and oxygen atoms in total. The molecule has 0 saturated carbocycles. The summed E-state index contributed by atoms with van der Waals surface area (Å²) < 4.78 is 5.80. The molecule has 23 heavy (non-hydrogen) atoms. The van der Waals surface area contributed by atoms with Crippen LogP contribution in [0.3, 0.4) is 0 Å². The van der Waals surface area contributed by atoms with E-state index in [1.54, 1.807) is 17.7 Å². The third-order valence-electron chi connectivity index (χ3n) is 3.34. The van der Waals surface area contributed by atoms with E-state index in [1.165, 1.54) is 10.4 Å². The zero-order valence-electron chi connectivity index (χ0n) is 12.1. The summed E-state index contributed by atoms with van der Waals surface area (Å²) >= 11 is 1.69. The van der Waals surface area contributed by atoms with E-state index in [9.17, 15) is 0 Å². The molecule has 4 aromatic rings. The molecule has 0 unspecified atom stereocenters. The highest BCUT2D eigenvalue weighted by atomic mass is 32.1. The standard InChI is InChI=1S/C16H13N5OS/c17-16-20-14-13(18-9-19-14)15(21-16)22-8-11-6-7-12(23-11)10-4-2-1-3-5-10/h1-7,9H,8H2,(H3,17,18,19,20,21). The van der Waals surface area contributed by atoms with Gasteiger partial charge in [0.15, 0.2) is 5.65 Å². The van der Waals surface area contributed by atoms with Gasteiger partial charge in [0.2, 0.25) is 11.8 Å². The molecule has 0 radical (unpaired) electrons. The Morgan fingerprint density at radius 3 is 2.83 bits per heavy atom. The number of hydrogen-bond acceptors (Lipinski definition) is 6. The lowest BCUT2D eigenvalue weighted by atomic mass is 10.2. The minimum atomic E-state index is 0.149. The number of benzene rings is 1. The van der Waals surface area contributed by atoms with E-state index in [0.717, 1.165) is 4.88 Å². The molecule has 3 N–H and O–H groups in total. The second-order valence-corrected chi connectivity index (χ2v) is 6.08. The van der Waals surface area contributed by atoms with Crippen molar-refractivity contribution in [1.82, 2.24) is 19.9 Å². The van der Waals surface area contributed by atoms with Crippen LogP contribution < -0.4 is 10.5 Å². The van der Waals surface area contributed by atoms with Gasteiger partial charge in [-0.3, -0.25) is 0 Å². The summed E-state index contributed by atoms with van der Waals surface area (Å²) in [4.78, 5) is 17.5. The summed E-state index contributed by atoms with van der Waals surface area (Å²) in [7, 11) is 0. The fourth-order valence-electron chi connectivity index (χ4n) is 2.28. The van der Waals surface area contributed by atoms with E-state index in [2.05, 4.69) is 44.2 Å². The van der Waals surface area contributed by atoms with Crippen LogP contribution in [0.4, 0.5) is 5.95 Å². The summed E-state index contributed by atoms with van der Waals surface area (Å²) in [5.41, 5.74) is 8.03. The maximum Gasteiger partial charge on any atom is 0.245 e. The number of nitrogens with two attached hydrogens (primary N) is 1. The van der Waals surface area contributed by atoms with Crippen molar-refractivity contribution < 1.29 is 4.74 Å². The van der Waals surface area contributed by atoms with Crippen molar-refractivity contribution in [3.05, 3.63) is 53.7 Å². The van der Waals surface area contributed by atoms with Crippen molar-refractivity contribution in [3.8, 4) is 16.3 Å². The van der Waals surface area contributed by atoms with Gasteiger partial charge < -0.3 is 15.5 Å². The molecule has 0 atom stereocenters. The van der Waals surface area contributed by atoms with Crippen LogP contribution >= 0.6 is 11.3 Å². The smallest absolute Gasteiger partial charge is 0.245 e. The van der Waals surface area contributed by atoms with Gasteiger partial charge in [-0.2, -0.15) is 9.97 Å². The SMILES string of the molecule is Nc1nc(OCc2ccc(-c3ccccc3)s2)c2[nH]cnc2n1. The quantitative estimate of drug-likeness (QED) is 0.602. The predicted octanol–water partition coefficient (Wildman–Crippen LogP) is 3.24. The molecule has 114 valence electrons. The third-order valence-corrected chi connectivity index (χ3v) is 4.45. The molecule has 0 spiro atoms. The van der Waals surface area contributed by atoms with Crippen molar-refractivity contribution in [2.45, 2.75) is 6.61 Å². The van der Waals surface area contributed by atoms with E-state index in [-0.39, 0.29) is 5.95 Å². The zero-order valence-corrected chi connectivity index (χ0v) is 12.9. The van der Waals surface area contributed by atoms with Crippen molar-refractivity contribution in [2.75, 3.05) is 5.73 Å². The number of hydrogen-bond donors (Lipinski definition) is 2. The number of ether oxygens (including phenoxy) is 1. The fraction of sp³-hybridized carbons (Fsp3) is 0.0625. The maximum atomic E-state index is 5.80. The molecular weight excluding hydrogens is 310 g/mol. The van der Waals surface area contributed by atoms with Crippen LogP contribution in [0.5, 0.6) is 5.88 Å². The Labute approximate surface area is 136 Å². The molecule has 0 fully saturated rings. The minimum Gasteiger partial charge on any atom is -0.470 e. The number of aromatic nitrogens is 4. The number of nitrogens with one attached hydrogen (secondary N) is 1. The molecule has 0 aliphatic carbocycles. The van der Waals surface area contributed by atoms with Gasteiger partial charge in [-0.15, -0.1) is 11.3 Å². The third kappa shape index (κ3) is 2.74. The molecule has 1 aromatic carbocycles. The molecule has 0 aliphatic heterocycles. The number of fused-ring (bicyclic) bond motifs is 1. The number of nitrogen functional groups attached to an aromatic ring is 1. The van der Waals surface area contributed by atoms with Crippen LogP contribution in [0, 0.1) is 0 Å². The van der Waals surface area contributed by atoms with Gasteiger partial charge in [-0.05, 0) is 17.7 Å². The van der Waals surface area contributed by atoms with E-state index < -0.39 is 0 Å². The lowest BCUT2D eigenvalue weighted by Gasteiger charge is -2.04. The number of thiophene rings is 1. The number of H-pyrrole nitrogens is 1. The Morgan fingerprint density at radius 1 is 1.09 bits per heavy atom. The second-order valence-electron chi connectivity index (χ2n) is 4.91. The van der Waals surface area contributed by atoms with Gasteiger partial charge in [-0.1, -0.05) is 30.3 Å². The number of aromatic amines is 1. The number of anilines is 1. The Kier molecular flexibility index (Phi) is 3.39. The van der Waals surface area contributed by atoms with Crippen LogP contribution in [0.1, 0.15) is 4.88 Å². The molecule has 3 heterocycles. The van der Waals surface area contributed by atoms with Gasteiger partial charge in [0.05, 0.1) is 6.33 Å². The lowest BCUT2D eigenvalue weighted by Crippen LogP contribution is -2.01. The van der Waals surface area contributed by atoms with Crippen LogP contribution in [0.15, 0.2) is 48.8 Å². The monoisotopic (exact) mass is 323 g/mol. The Hall–Kier alpha value is -2.93. The molecular formula is C16H13N5OS. The maximum absolute atomic E-state index is 5.80. The van der Waals surface area contributed by atoms with Crippen molar-refractivity contribution in [2.24, 2.45) is 0 Å². The molecule has 7 heteroatoms.